The maximum atomic E-state index is 12.0. The summed E-state index contributed by atoms with van der Waals surface area (Å²) in [6, 6.07) is 7.44. The number of aliphatic hydroxyl groups excluding tert-OH is 1. The predicted octanol–water partition coefficient (Wildman–Crippen LogP) is 1.28. The minimum atomic E-state index is -1.21. The van der Waals surface area contributed by atoms with Crippen LogP contribution in [0, 0.1) is 0 Å². The molecule has 94 valence electrons. The van der Waals surface area contributed by atoms with Crippen molar-refractivity contribution in [2.75, 3.05) is 13.2 Å². The number of ether oxygens (including phenoxy) is 2. The first-order valence-corrected chi connectivity index (χ1v) is 5.94. The first-order chi connectivity index (χ1) is 8.70. The molecule has 0 saturated carbocycles. The molecule has 4 heteroatoms. The number of carbonyl (C=O) groups excluding carboxylic acids is 1. The molecular weight excluding hydrogens is 232 g/mol. The molecule has 0 bridgehead atoms. The number of hydrogen-bond donors (Lipinski definition) is 1. The monoisotopic (exact) mass is 246 g/mol. The van der Waals surface area contributed by atoms with E-state index in [1.807, 2.05) is 24.3 Å². The lowest BCUT2D eigenvalue weighted by atomic mass is 9.76. The van der Waals surface area contributed by atoms with E-state index in [4.69, 9.17) is 9.47 Å². The normalized spacial score (nSPS) is 21.6. The van der Waals surface area contributed by atoms with Gasteiger partial charge in [0.05, 0.1) is 19.8 Å². The van der Waals surface area contributed by atoms with E-state index in [1.54, 1.807) is 6.92 Å². The predicted molar refractivity (Wildman–Crippen MR) is 64.6 cm³/mol. The van der Waals surface area contributed by atoms with Crippen LogP contribution in [0.3, 0.4) is 0 Å². The van der Waals surface area contributed by atoms with Crippen molar-refractivity contribution in [3.05, 3.63) is 41.0 Å². The summed E-state index contributed by atoms with van der Waals surface area (Å²) in [5.41, 5.74) is 3.02. The number of carbonyl (C=O) groups is 1. The molecule has 1 heterocycles. The quantitative estimate of drug-likeness (QED) is 0.854. The first-order valence-electron chi connectivity index (χ1n) is 5.94. The van der Waals surface area contributed by atoms with Crippen LogP contribution in [0.1, 0.15) is 18.1 Å². The lowest BCUT2D eigenvalue weighted by Crippen LogP contribution is -2.50. The summed E-state index contributed by atoms with van der Waals surface area (Å²) in [6.07, 6.45) is 0. The Morgan fingerprint density at radius 3 is 2.61 bits per heavy atom. The van der Waals surface area contributed by atoms with Crippen molar-refractivity contribution in [2.24, 2.45) is 0 Å². The fraction of sp³-hybridized carbons (Fsp3) is 0.357. The van der Waals surface area contributed by atoms with E-state index < -0.39 is 5.79 Å². The van der Waals surface area contributed by atoms with Crippen LogP contribution in [0.2, 0.25) is 0 Å². The van der Waals surface area contributed by atoms with Crippen LogP contribution in [-0.4, -0.2) is 29.9 Å². The van der Waals surface area contributed by atoms with Crippen molar-refractivity contribution >= 4 is 11.4 Å². The van der Waals surface area contributed by atoms with Gasteiger partial charge >= 0.3 is 0 Å². The van der Waals surface area contributed by atoms with Gasteiger partial charge in [0.2, 0.25) is 5.78 Å². The molecule has 1 aliphatic carbocycles. The summed E-state index contributed by atoms with van der Waals surface area (Å²) in [7, 11) is 0. The van der Waals surface area contributed by atoms with Gasteiger partial charge < -0.3 is 14.6 Å². The lowest BCUT2D eigenvalue weighted by Gasteiger charge is -2.38. The molecule has 1 aromatic carbocycles. The molecule has 0 aromatic heterocycles. The molecule has 0 amide bonds. The highest BCUT2D eigenvalue weighted by Gasteiger charge is 2.57. The number of rotatable bonds is 2. The number of ketones is 1. The van der Waals surface area contributed by atoms with Crippen LogP contribution < -0.4 is 0 Å². The van der Waals surface area contributed by atoms with Crippen LogP contribution >= 0.6 is 0 Å². The van der Waals surface area contributed by atoms with Crippen molar-refractivity contribution in [3.8, 4) is 0 Å². The summed E-state index contributed by atoms with van der Waals surface area (Å²) < 4.78 is 11.0. The summed E-state index contributed by atoms with van der Waals surface area (Å²) in [4.78, 5) is 12.0. The smallest absolute Gasteiger partial charge is 0.262 e. The maximum absolute atomic E-state index is 12.0. The Morgan fingerprint density at radius 1 is 1.28 bits per heavy atom. The Balaban J connectivity index is 2.14. The van der Waals surface area contributed by atoms with E-state index in [9.17, 15) is 9.90 Å². The Bertz CT molecular complexity index is 538. The van der Waals surface area contributed by atoms with Gasteiger partial charge in [-0.2, -0.15) is 0 Å². The molecule has 0 radical (unpaired) electrons. The van der Waals surface area contributed by atoms with Gasteiger partial charge in [-0.05, 0) is 18.1 Å². The van der Waals surface area contributed by atoms with Crippen molar-refractivity contribution in [1.82, 2.24) is 0 Å². The zero-order chi connectivity index (χ0) is 12.8. The standard InChI is InChI=1S/C14H14O4/c1-9-12(11-5-3-2-4-10(11)8-15)14(13(9)16)17-6-7-18-14/h2-5,15H,6-8H2,1H3. The zero-order valence-corrected chi connectivity index (χ0v) is 10.1. The zero-order valence-electron chi connectivity index (χ0n) is 10.1. The fourth-order valence-electron chi connectivity index (χ4n) is 2.63. The Labute approximate surface area is 105 Å². The molecule has 3 rings (SSSR count). The highest BCUT2D eigenvalue weighted by Crippen LogP contribution is 2.48. The van der Waals surface area contributed by atoms with Crippen LogP contribution in [0.25, 0.3) is 5.57 Å². The Kier molecular flexibility index (Phi) is 2.59. The number of hydrogen-bond acceptors (Lipinski definition) is 4. The third kappa shape index (κ3) is 1.34. The van der Waals surface area contributed by atoms with Gasteiger partial charge in [0.1, 0.15) is 0 Å². The van der Waals surface area contributed by atoms with Crippen molar-refractivity contribution in [1.29, 1.82) is 0 Å². The summed E-state index contributed by atoms with van der Waals surface area (Å²) in [5, 5.41) is 9.38. The summed E-state index contributed by atoms with van der Waals surface area (Å²) in [6.45, 7) is 2.53. The van der Waals surface area contributed by atoms with E-state index in [0.29, 0.717) is 18.8 Å². The highest BCUT2D eigenvalue weighted by molar-refractivity contribution is 6.23. The molecule has 18 heavy (non-hydrogen) atoms. The molecule has 2 aliphatic rings. The van der Waals surface area contributed by atoms with Gasteiger partial charge in [-0.3, -0.25) is 4.79 Å². The van der Waals surface area contributed by atoms with Gasteiger partial charge in [0, 0.05) is 11.1 Å². The molecule has 1 aromatic rings. The second kappa shape index (κ2) is 4.02. The molecule has 1 fully saturated rings. The molecule has 0 unspecified atom stereocenters. The first kappa shape index (κ1) is 11.6. The van der Waals surface area contributed by atoms with Crippen molar-refractivity contribution in [2.45, 2.75) is 19.3 Å². The molecule has 1 saturated heterocycles. The van der Waals surface area contributed by atoms with Crippen LogP contribution in [0.5, 0.6) is 0 Å². The van der Waals surface area contributed by atoms with Crippen molar-refractivity contribution < 1.29 is 19.4 Å². The van der Waals surface area contributed by atoms with Gasteiger partial charge in [-0.25, -0.2) is 0 Å². The average Bonchev–Trinajstić information content (AvgIpc) is 2.91. The Hall–Kier alpha value is -1.49. The number of Topliss-reactive ketones (excluding diaryl/α,β-unsaturated/α-hetero) is 1. The SMILES string of the molecule is CC1=C(c2ccccc2CO)C2(OCCO2)C1=O. The molecule has 4 nitrogen and oxygen atoms in total. The summed E-state index contributed by atoms with van der Waals surface area (Å²) >= 11 is 0. The van der Waals surface area contributed by atoms with E-state index in [1.165, 1.54) is 0 Å². The second-order valence-electron chi connectivity index (χ2n) is 4.46. The fourth-order valence-corrected chi connectivity index (χ4v) is 2.63. The van der Waals surface area contributed by atoms with Crippen LogP contribution in [0.15, 0.2) is 29.8 Å². The lowest BCUT2D eigenvalue weighted by molar-refractivity contribution is -0.162. The highest BCUT2D eigenvalue weighted by atomic mass is 16.7. The van der Waals surface area contributed by atoms with Crippen molar-refractivity contribution in [3.63, 3.8) is 0 Å². The number of benzene rings is 1. The molecular formula is C14H14O4. The van der Waals surface area contributed by atoms with E-state index in [0.717, 1.165) is 16.7 Å². The minimum absolute atomic E-state index is 0.0722. The second-order valence-corrected chi connectivity index (χ2v) is 4.46. The van der Waals surface area contributed by atoms with Crippen LogP contribution in [0.4, 0.5) is 0 Å². The Morgan fingerprint density at radius 2 is 1.94 bits per heavy atom. The van der Waals surface area contributed by atoms with E-state index in [2.05, 4.69) is 0 Å². The topological polar surface area (TPSA) is 55.8 Å². The van der Waals surface area contributed by atoms with Gasteiger partial charge in [-0.15, -0.1) is 0 Å². The van der Waals surface area contributed by atoms with E-state index in [-0.39, 0.29) is 12.4 Å². The van der Waals surface area contributed by atoms with Gasteiger partial charge in [0.25, 0.3) is 5.79 Å². The third-order valence-corrected chi connectivity index (χ3v) is 3.49. The molecule has 1 spiro atoms. The summed E-state index contributed by atoms with van der Waals surface area (Å²) in [5.74, 6) is -1.32. The third-order valence-electron chi connectivity index (χ3n) is 3.49. The van der Waals surface area contributed by atoms with Gasteiger partial charge in [-0.1, -0.05) is 24.3 Å². The van der Waals surface area contributed by atoms with Crippen LogP contribution in [-0.2, 0) is 20.9 Å². The molecule has 1 aliphatic heterocycles. The van der Waals surface area contributed by atoms with Gasteiger partial charge in [0.15, 0.2) is 0 Å². The minimum Gasteiger partial charge on any atom is -0.392 e. The molecule has 0 atom stereocenters. The number of aliphatic hydroxyl groups is 1. The maximum Gasteiger partial charge on any atom is 0.262 e. The van der Waals surface area contributed by atoms with E-state index >= 15 is 0 Å². The largest absolute Gasteiger partial charge is 0.392 e. The average molecular weight is 246 g/mol. The molecule has 1 N–H and O–H groups in total.